The van der Waals surface area contributed by atoms with Crippen molar-refractivity contribution in [2.75, 3.05) is 0 Å². The van der Waals surface area contributed by atoms with Crippen molar-refractivity contribution in [3.05, 3.63) is 57.6 Å². The molecule has 4 N–H and O–H groups in total. The van der Waals surface area contributed by atoms with Gasteiger partial charge in [-0.3, -0.25) is 0 Å². The van der Waals surface area contributed by atoms with Crippen LogP contribution in [0.25, 0.3) is 0 Å². The summed E-state index contributed by atoms with van der Waals surface area (Å²) in [5.41, 5.74) is -6.63. The molecule has 0 radical (unpaired) electrons. The van der Waals surface area contributed by atoms with E-state index in [1.165, 1.54) is 0 Å². The van der Waals surface area contributed by atoms with E-state index in [1.54, 1.807) is 0 Å². The van der Waals surface area contributed by atoms with Gasteiger partial charge in [0.25, 0.3) is 0 Å². The fourth-order valence-electron chi connectivity index (χ4n) is 2.59. The SMILES string of the molecule is O=C(O)c1cc(Cc2cc(C(=O)O)c(O)c(C(F)(F)F)c2)cc(C(F)(F)F)c1O. The van der Waals surface area contributed by atoms with Gasteiger partial charge in [0.2, 0.25) is 0 Å². The normalized spacial score (nSPS) is 12.1. The fourth-order valence-corrected chi connectivity index (χ4v) is 2.59. The Morgan fingerprint density at radius 1 is 0.690 bits per heavy atom. The molecule has 0 fully saturated rings. The van der Waals surface area contributed by atoms with Gasteiger partial charge in [-0.15, -0.1) is 0 Å². The number of alkyl halides is 6. The van der Waals surface area contributed by atoms with Gasteiger partial charge in [-0.1, -0.05) is 0 Å². The van der Waals surface area contributed by atoms with E-state index in [1.807, 2.05) is 0 Å². The molecule has 0 spiro atoms. The van der Waals surface area contributed by atoms with E-state index in [-0.39, 0.29) is 0 Å². The molecule has 0 bridgehead atoms. The van der Waals surface area contributed by atoms with Crippen LogP contribution in [0.1, 0.15) is 43.0 Å². The third-order valence-electron chi connectivity index (χ3n) is 3.82. The monoisotopic (exact) mass is 424 g/mol. The lowest BCUT2D eigenvalue weighted by Gasteiger charge is -2.15. The molecule has 0 amide bonds. The molecule has 156 valence electrons. The van der Waals surface area contributed by atoms with Gasteiger partial charge < -0.3 is 20.4 Å². The Kier molecular flexibility index (Phi) is 5.41. The summed E-state index contributed by atoms with van der Waals surface area (Å²) in [5.74, 6) is -6.96. The second kappa shape index (κ2) is 7.18. The Bertz CT molecular complexity index is 914. The standard InChI is InChI=1S/C17H10F6O6/c18-16(19,20)10-4-6(2-8(12(10)24)14(26)27)1-7-3-9(15(28)29)13(25)11(5-7)17(21,22)23/h2-5,24-25H,1H2,(H,26,27)(H,28,29). The molecule has 2 rings (SSSR count). The molecule has 2 aromatic rings. The molecular formula is C17H10F6O6. The largest absolute Gasteiger partial charge is 0.506 e. The lowest BCUT2D eigenvalue weighted by Crippen LogP contribution is -2.12. The third-order valence-corrected chi connectivity index (χ3v) is 3.82. The maximum atomic E-state index is 13.0. The molecule has 0 saturated heterocycles. The summed E-state index contributed by atoms with van der Waals surface area (Å²) in [6, 6.07) is 1.91. The van der Waals surface area contributed by atoms with Crippen LogP contribution in [0.3, 0.4) is 0 Å². The van der Waals surface area contributed by atoms with Crippen molar-refractivity contribution in [1.82, 2.24) is 0 Å². The van der Waals surface area contributed by atoms with Crippen molar-refractivity contribution in [2.45, 2.75) is 18.8 Å². The van der Waals surface area contributed by atoms with Crippen molar-refractivity contribution >= 4 is 11.9 Å². The van der Waals surface area contributed by atoms with Crippen molar-refractivity contribution in [3.8, 4) is 11.5 Å². The van der Waals surface area contributed by atoms with Gasteiger partial charge in [-0.05, 0) is 41.8 Å². The molecule has 12 heteroatoms. The van der Waals surface area contributed by atoms with E-state index in [4.69, 9.17) is 10.2 Å². The van der Waals surface area contributed by atoms with E-state index in [2.05, 4.69) is 0 Å². The zero-order valence-electron chi connectivity index (χ0n) is 13.9. The van der Waals surface area contributed by atoms with Crippen molar-refractivity contribution in [1.29, 1.82) is 0 Å². The van der Waals surface area contributed by atoms with Crippen LogP contribution in [0.5, 0.6) is 11.5 Å². The predicted octanol–water partition coefficient (Wildman–Crippen LogP) is 4.12. The van der Waals surface area contributed by atoms with Crippen molar-refractivity contribution in [3.63, 3.8) is 0 Å². The minimum absolute atomic E-state index is 0.336. The summed E-state index contributed by atoms with van der Waals surface area (Å²) in [6.07, 6.45) is -11.1. The van der Waals surface area contributed by atoms with Crippen LogP contribution < -0.4 is 0 Å². The zero-order chi connectivity index (χ0) is 22.3. The van der Waals surface area contributed by atoms with Crippen LogP contribution in [0, 0.1) is 0 Å². The van der Waals surface area contributed by atoms with Crippen LogP contribution in [0.4, 0.5) is 26.3 Å². The topological polar surface area (TPSA) is 115 Å². The van der Waals surface area contributed by atoms with Gasteiger partial charge in [0, 0.05) is 0 Å². The molecule has 0 saturated carbocycles. The first-order valence-electron chi connectivity index (χ1n) is 7.45. The number of halogens is 6. The first-order valence-corrected chi connectivity index (χ1v) is 7.45. The maximum absolute atomic E-state index is 13.0. The Balaban J connectivity index is 2.68. The molecule has 0 atom stereocenters. The third kappa shape index (κ3) is 4.52. The number of phenols is 2. The Morgan fingerprint density at radius 3 is 1.24 bits per heavy atom. The number of aromatic carboxylic acids is 2. The van der Waals surface area contributed by atoms with Crippen LogP contribution in [-0.4, -0.2) is 32.4 Å². The molecular weight excluding hydrogens is 414 g/mol. The number of carbonyl (C=O) groups is 2. The van der Waals surface area contributed by atoms with Gasteiger partial charge in [-0.2, -0.15) is 26.3 Å². The molecule has 6 nitrogen and oxygen atoms in total. The number of benzene rings is 2. The number of carboxylic acid groups (broad SMARTS) is 2. The Hall–Kier alpha value is -3.44. The van der Waals surface area contributed by atoms with Crippen LogP contribution in [0.2, 0.25) is 0 Å². The second-order valence-corrected chi connectivity index (χ2v) is 5.86. The average molecular weight is 424 g/mol. The molecule has 0 heterocycles. The minimum Gasteiger partial charge on any atom is -0.506 e. The quantitative estimate of drug-likeness (QED) is 0.549. The predicted molar refractivity (Wildman–Crippen MR) is 82.9 cm³/mol. The molecule has 0 unspecified atom stereocenters. The molecule has 2 aromatic carbocycles. The number of carboxylic acids is 2. The zero-order valence-corrected chi connectivity index (χ0v) is 13.9. The van der Waals surface area contributed by atoms with Crippen molar-refractivity contribution in [2.24, 2.45) is 0 Å². The van der Waals surface area contributed by atoms with E-state index in [0.29, 0.717) is 24.3 Å². The molecule has 0 aromatic heterocycles. The highest BCUT2D eigenvalue weighted by Crippen LogP contribution is 2.41. The van der Waals surface area contributed by atoms with Gasteiger partial charge in [-0.25, -0.2) is 9.59 Å². The average Bonchev–Trinajstić information content (AvgIpc) is 2.55. The fraction of sp³-hybridized carbons (Fsp3) is 0.176. The summed E-state index contributed by atoms with van der Waals surface area (Å²) in [4.78, 5) is 22.2. The summed E-state index contributed by atoms with van der Waals surface area (Å²) in [7, 11) is 0. The lowest BCUT2D eigenvalue weighted by molar-refractivity contribution is -0.139. The van der Waals surface area contributed by atoms with Crippen molar-refractivity contribution < 1.29 is 56.4 Å². The first-order chi connectivity index (χ1) is 13.1. The molecule has 0 aliphatic rings. The molecule has 0 aliphatic heterocycles. The number of aromatic hydroxyl groups is 2. The van der Waals surface area contributed by atoms with Crippen LogP contribution in [-0.2, 0) is 18.8 Å². The van der Waals surface area contributed by atoms with Gasteiger partial charge in [0.05, 0.1) is 11.1 Å². The maximum Gasteiger partial charge on any atom is 0.419 e. The van der Waals surface area contributed by atoms with Crippen LogP contribution in [0.15, 0.2) is 24.3 Å². The summed E-state index contributed by atoms with van der Waals surface area (Å²) in [6.45, 7) is 0. The minimum atomic E-state index is -5.16. The highest BCUT2D eigenvalue weighted by Gasteiger charge is 2.38. The smallest absolute Gasteiger partial charge is 0.419 e. The van der Waals surface area contributed by atoms with E-state index < -0.39 is 75.6 Å². The Morgan fingerprint density at radius 2 is 1.00 bits per heavy atom. The number of hydrogen-bond donors (Lipinski definition) is 4. The lowest BCUT2D eigenvalue weighted by atomic mass is 9.95. The van der Waals surface area contributed by atoms with Gasteiger partial charge in [0.1, 0.15) is 22.6 Å². The summed E-state index contributed by atoms with van der Waals surface area (Å²) in [5, 5.41) is 37.0. The number of hydrogen-bond acceptors (Lipinski definition) is 4. The van der Waals surface area contributed by atoms with Crippen LogP contribution >= 0.6 is 0 Å². The highest BCUT2D eigenvalue weighted by molar-refractivity contribution is 5.92. The first kappa shape index (κ1) is 21.9. The highest BCUT2D eigenvalue weighted by atomic mass is 19.4. The van der Waals surface area contributed by atoms with E-state index >= 15 is 0 Å². The molecule has 29 heavy (non-hydrogen) atoms. The number of rotatable bonds is 4. The van der Waals surface area contributed by atoms with Gasteiger partial charge >= 0.3 is 24.3 Å². The van der Waals surface area contributed by atoms with E-state index in [9.17, 15) is 46.1 Å². The van der Waals surface area contributed by atoms with Gasteiger partial charge in [0.15, 0.2) is 0 Å². The molecule has 0 aliphatic carbocycles. The van der Waals surface area contributed by atoms with E-state index in [0.717, 1.165) is 0 Å². The summed E-state index contributed by atoms with van der Waals surface area (Å²) < 4.78 is 78.3. The second-order valence-electron chi connectivity index (χ2n) is 5.86. The summed E-state index contributed by atoms with van der Waals surface area (Å²) >= 11 is 0. The Labute approximate surface area is 157 Å².